The second-order valence-electron chi connectivity index (χ2n) is 12.3. The van der Waals surface area contributed by atoms with Crippen LogP contribution in [0.5, 0.6) is 0 Å². The second-order valence-corrected chi connectivity index (χ2v) is 14.5. The first-order valence-electron chi connectivity index (χ1n) is 14.7. The summed E-state index contributed by atoms with van der Waals surface area (Å²) < 4.78 is 80.8. The SMILES string of the molecule is CC1(S(=O)(=O)NC(=O)[C@@]23C[C@H]2/C=C\CCCCC[C@H](Nc2cc(F)cc(C(F)(F)F)c2)C(=O)N2CCC[C@H]2C(=O)N3)CC1. The largest absolute Gasteiger partial charge is 0.416 e. The minimum absolute atomic E-state index is 0.200. The highest BCUT2D eigenvalue weighted by Gasteiger charge is 2.63. The van der Waals surface area contributed by atoms with Crippen molar-refractivity contribution in [3.63, 3.8) is 0 Å². The van der Waals surface area contributed by atoms with Gasteiger partial charge in [0.05, 0.1) is 10.3 Å². The number of carbonyl (C=O) groups is 3. The van der Waals surface area contributed by atoms with Gasteiger partial charge in [-0.15, -0.1) is 0 Å². The number of amides is 3. The summed E-state index contributed by atoms with van der Waals surface area (Å²) in [4.78, 5) is 42.1. The number of allylic oxidation sites excluding steroid dienone is 1. The van der Waals surface area contributed by atoms with Crippen LogP contribution in [0, 0.1) is 11.7 Å². The van der Waals surface area contributed by atoms with Crippen molar-refractivity contribution in [3.05, 3.63) is 41.7 Å². The number of benzene rings is 1. The van der Waals surface area contributed by atoms with Crippen LogP contribution in [0.25, 0.3) is 0 Å². The van der Waals surface area contributed by atoms with Gasteiger partial charge in [0.1, 0.15) is 23.4 Å². The van der Waals surface area contributed by atoms with E-state index in [0.29, 0.717) is 44.6 Å². The van der Waals surface area contributed by atoms with E-state index < -0.39 is 73.6 Å². The number of fused-ring (bicyclic) bond motifs is 2. The summed E-state index contributed by atoms with van der Waals surface area (Å²) in [6.45, 7) is 1.77. The highest BCUT2D eigenvalue weighted by Crippen LogP contribution is 2.47. The maximum absolute atomic E-state index is 14.1. The number of hydrogen-bond acceptors (Lipinski definition) is 6. The molecular weight excluding hydrogens is 592 g/mol. The molecule has 5 rings (SSSR count). The number of anilines is 1. The van der Waals surface area contributed by atoms with Crippen LogP contribution < -0.4 is 15.4 Å². The van der Waals surface area contributed by atoms with E-state index in [2.05, 4.69) is 15.4 Å². The smallest absolute Gasteiger partial charge is 0.374 e. The number of nitrogens with one attached hydrogen (secondary N) is 3. The predicted octanol–water partition coefficient (Wildman–Crippen LogP) is 4.01. The molecule has 2 aliphatic heterocycles. The highest BCUT2D eigenvalue weighted by atomic mass is 32.2. The molecule has 4 atom stereocenters. The molecule has 2 aliphatic carbocycles. The normalized spacial score (nSPS) is 30.2. The zero-order valence-electron chi connectivity index (χ0n) is 23.8. The summed E-state index contributed by atoms with van der Waals surface area (Å²) in [6.07, 6.45) is 3.61. The molecule has 0 bridgehead atoms. The van der Waals surface area contributed by atoms with Crippen molar-refractivity contribution in [1.82, 2.24) is 14.9 Å². The molecule has 2 saturated carbocycles. The molecule has 0 unspecified atom stereocenters. The molecule has 236 valence electrons. The molecule has 9 nitrogen and oxygen atoms in total. The van der Waals surface area contributed by atoms with E-state index in [1.54, 1.807) is 6.92 Å². The zero-order valence-corrected chi connectivity index (χ0v) is 24.6. The lowest BCUT2D eigenvalue weighted by atomic mass is 10.0. The van der Waals surface area contributed by atoms with Crippen LogP contribution in [-0.2, 0) is 30.6 Å². The molecule has 14 heteroatoms. The quantitative estimate of drug-likeness (QED) is 0.335. The summed E-state index contributed by atoms with van der Waals surface area (Å²) in [7, 11) is -3.95. The van der Waals surface area contributed by atoms with Crippen LogP contribution in [0.1, 0.15) is 76.7 Å². The Morgan fingerprint density at radius 3 is 2.51 bits per heavy atom. The fourth-order valence-electron chi connectivity index (χ4n) is 5.91. The number of nitrogens with zero attached hydrogens (tertiary/aromatic N) is 1. The van der Waals surface area contributed by atoms with Crippen LogP contribution in [-0.4, -0.2) is 60.0 Å². The molecule has 4 aliphatic rings. The summed E-state index contributed by atoms with van der Waals surface area (Å²) in [5.41, 5.74) is -2.87. The molecule has 3 fully saturated rings. The Morgan fingerprint density at radius 1 is 1.07 bits per heavy atom. The van der Waals surface area contributed by atoms with Crippen LogP contribution in [0.15, 0.2) is 30.4 Å². The van der Waals surface area contributed by atoms with Gasteiger partial charge < -0.3 is 15.5 Å². The van der Waals surface area contributed by atoms with Crippen molar-refractivity contribution in [3.8, 4) is 0 Å². The maximum Gasteiger partial charge on any atom is 0.416 e. The first-order valence-corrected chi connectivity index (χ1v) is 16.1. The van der Waals surface area contributed by atoms with Gasteiger partial charge >= 0.3 is 6.18 Å². The molecule has 43 heavy (non-hydrogen) atoms. The molecule has 3 N–H and O–H groups in total. The molecule has 1 aromatic carbocycles. The Balaban J connectivity index is 1.39. The Kier molecular flexibility index (Phi) is 8.29. The van der Waals surface area contributed by atoms with Gasteiger partial charge in [-0.25, -0.2) is 12.8 Å². The summed E-state index contributed by atoms with van der Waals surface area (Å²) in [5.74, 6) is -3.45. The minimum Gasteiger partial charge on any atom is -0.374 e. The molecule has 3 amide bonds. The highest BCUT2D eigenvalue weighted by molar-refractivity contribution is 7.91. The third-order valence-corrected chi connectivity index (χ3v) is 11.2. The van der Waals surface area contributed by atoms with Crippen LogP contribution in [0.2, 0.25) is 0 Å². The van der Waals surface area contributed by atoms with E-state index in [4.69, 9.17) is 0 Å². The van der Waals surface area contributed by atoms with Crippen molar-refractivity contribution in [1.29, 1.82) is 0 Å². The lowest BCUT2D eigenvalue weighted by Gasteiger charge is -2.30. The molecule has 0 radical (unpaired) electrons. The van der Waals surface area contributed by atoms with Crippen molar-refractivity contribution in [2.75, 3.05) is 11.9 Å². The number of hydrogen-bond donors (Lipinski definition) is 3. The van der Waals surface area contributed by atoms with Crippen LogP contribution in [0.4, 0.5) is 23.2 Å². The van der Waals surface area contributed by atoms with Crippen LogP contribution in [0.3, 0.4) is 0 Å². The molecule has 2 heterocycles. The van der Waals surface area contributed by atoms with E-state index in [1.807, 2.05) is 12.2 Å². The number of carbonyl (C=O) groups excluding carboxylic acids is 3. The van der Waals surface area contributed by atoms with Gasteiger partial charge in [-0.1, -0.05) is 25.0 Å². The van der Waals surface area contributed by atoms with E-state index in [9.17, 15) is 40.4 Å². The van der Waals surface area contributed by atoms with E-state index >= 15 is 0 Å². The number of rotatable bonds is 5. The van der Waals surface area contributed by atoms with Gasteiger partial charge in [-0.3, -0.25) is 19.1 Å². The average Bonchev–Trinajstić information content (AvgIpc) is 3.78. The summed E-state index contributed by atoms with van der Waals surface area (Å²) in [6, 6.07) is 0.0321. The number of alkyl halides is 3. The molecule has 0 spiro atoms. The van der Waals surface area contributed by atoms with E-state index in [-0.39, 0.29) is 31.5 Å². The monoisotopic (exact) mass is 628 g/mol. The fraction of sp³-hybridized carbons (Fsp3) is 0.621. The van der Waals surface area contributed by atoms with Gasteiger partial charge in [-0.05, 0) is 76.5 Å². The Hall–Kier alpha value is -3.16. The van der Waals surface area contributed by atoms with Crippen molar-refractivity contribution in [2.24, 2.45) is 5.92 Å². The fourth-order valence-corrected chi connectivity index (χ4v) is 7.22. The Labute approximate surface area is 247 Å². The topological polar surface area (TPSA) is 125 Å². The average molecular weight is 629 g/mol. The van der Waals surface area contributed by atoms with Gasteiger partial charge in [0.25, 0.3) is 5.91 Å². The van der Waals surface area contributed by atoms with Crippen molar-refractivity contribution < 1.29 is 40.4 Å². The van der Waals surface area contributed by atoms with Crippen molar-refractivity contribution in [2.45, 2.75) is 99.7 Å². The minimum atomic E-state index is -4.78. The second kappa shape index (κ2) is 11.4. The van der Waals surface area contributed by atoms with Gasteiger partial charge in [-0.2, -0.15) is 13.2 Å². The summed E-state index contributed by atoms with van der Waals surface area (Å²) in [5, 5.41) is 5.55. The zero-order chi connectivity index (χ0) is 31.2. The van der Waals surface area contributed by atoms with Gasteiger partial charge in [0.2, 0.25) is 21.8 Å². The molecule has 1 aromatic rings. The van der Waals surface area contributed by atoms with Gasteiger partial charge in [0, 0.05) is 18.2 Å². The Morgan fingerprint density at radius 2 is 1.81 bits per heavy atom. The van der Waals surface area contributed by atoms with Crippen molar-refractivity contribution >= 4 is 33.4 Å². The molecule has 1 saturated heterocycles. The Bertz CT molecular complexity index is 1430. The van der Waals surface area contributed by atoms with Gasteiger partial charge in [0.15, 0.2) is 0 Å². The first kappa shape index (κ1) is 31.3. The van der Waals surface area contributed by atoms with E-state index in [0.717, 1.165) is 18.6 Å². The first-order chi connectivity index (χ1) is 20.2. The van der Waals surface area contributed by atoms with E-state index in [1.165, 1.54) is 4.90 Å². The predicted molar refractivity (Wildman–Crippen MR) is 149 cm³/mol. The lowest BCUT2D eigenvalue weighted by Crippen LogP contribution is -2.58. The molecular formula is C29H36F4N4O5S. The number of sulfonamides is 1. The maximum atomic E-state index is 14.1. The standard InChI is InChI=1S/C29H36F4N4O5S/c1-27(11-12-27)43(41,42)36-26(40)28-17-18(28)8-5-3-2-4-6-9-22(25(39)37-13-7-10-23(37)24(38)35-28)34-21-15-19(29(31,32)33)14-20(30)16-21/h5,8,14-16,18,22-23,34H,2-4,6-7,9-13,17H2,1H3,(H,35,38)(H,36,40)/b8-5-/t18-,22+,23+,28-/m1/s1. The van der Waals surface area contributed by atoms with Crippen LogP contribution >= 0.6 is 0 Å². The molecule has 0 aromatic heterocycles. The number of halogens is 4. The summed E-state index contributed by atoms with van der Waals surface area (Å²) >= 11 is 0. The third kappa shape index (κ3) is 6.53. The third-order valence-electron chi connectivity index (χ3n) is 9.03. The lowest BCUT2D eigenvalue weighted by molar-refractivity contribution is -0.140.